The zero-order valence-electron chi connectivity index (χ0n) is 22.7. The molecule has 0 aliphatic carbocycles. The summed E-state index contributed by atoms with van der Waals surface area (Å²) in [5.74, 6) is 0.939. The van der Waals surface area contributed by atoms with Crippen LogP contribution >= 0.6 is 11.6 Å². The summed E-state index contributed by atoms with van der Waals surface area (Å²) in [6.45, 7) is 5.14. The molecule has 3 aromatic carbocycles. The summed E-state index contributed by atoms with van der Waals surface area (Å²) in [7, 11) is 1.55. The van der Waals surface area contributed by atoms with Crippen molar-refractivity contribution in [3.63, 3.8) is 0 Å². The Morgan fingerprint density at radius 3 is 2.12 bits per heavy atom. The predicted octanol–water partition coefficient (Wildman–Crippen LogP) is 5.53. The first-order chi connectivity index (χ1) is 19.0. The highest BCUT2D eigenvalue weighted by Crippen LogP contribution is 2.32. The Morgan fingerprint density at radius 2 is 1.50 bits per heavy atom. The zero-order valence-corrected chi connectivity index (χ0v) is 23.4. The Morgan fingerprint density at radius 1 is 0.850 bits per heavy atom. The molecule has 0 saturated heterocycles. The van der Waals surface area contributed by atoms with E-state index in [-0.39, 0.29) is 13.2 Å². The van der Waals surface area contributed by atoms with Gasteiger partial charge in [-0.2, -0.15) is 0 Å². The molecule has 0 fully saturated rings. The van der Waals surface area contributed by atoms with Gasteiger partial charge in [0.05, 0.1) is 12.1 Å². The van der Waals surface area contributed by atoms with Crippen molar-refractivity contribution < 1.29 is 33.3 Å². The van der Waals surface area contributed by atoms with Gasteiger partial charge in [-0.1, -0.05) is 54.1 Å². The lowest BCUT2D eigenvalue weighted by molar-refractivity contribution is -0.124. The molecule has 3 N–H and O–H groups in total. The Labute approximate surface area is 237 Å². The normalized spacial score (nSPS) is 11.5. The average molecular weight is 570 g/mol. The lowest BCUT2D eigenvalue weighted by Gasteiger charge is -2.23. The van der Waals surface area contributed by atoms with Crippen LogP contribution in [0.25, 0.3) is 0 Å². The van der Waals surface area contributed by atoms with E-state index in [0.29, 0.717) is 22.3 Å². The molecular weight excluding hydrogens is 538 g/mol. The van der Waals surface area contributed by atoms with Crippen molar-refractivity contribution >= 4 is 29.7 Å². The fraction of sp³-hybridized carbons (Fsp3) is 0.276. The summed E-state index contributed by atoms with van der Waals surface area (Å²) in [5, 5.41) is 7.80. The third kappa shape index (κ3) is 10.0. The van der Waals surface area contributed by atoms with Crippen LogP contribution in [0.3, 0.4) is 0 Å². The number of carbonyl (C=O) groups is 3. The lowest BCUT2D eigenvalue weighted by Crippen LogP contribution is -2.57. The largest absolute Gasteiger partial charge is 0.497 e. The quantitative estimate of drug-likeness (QED) is 0.274. The van der Waals surface area contributed by atoms with Crippen LogP contribution in [0.1, 0.15) is 31.9 Å². The second kappa shape index (κ2) is 14.1. The van der Waals surface area contributed by atoms with Crippen LogP contribution in [0.5, 0.6) is 17.2 Å². The molecule has 0 heterocycles. The van der Waals surface area contributed by atoms with Crippen molar-refractivity contribution in [3.05, 3.63) is 88.9 Å². The second-order valence-corrected chi connectivity index (χ2v) is 9.95. The number of halogens is 1. The number of nitrogens with one attached hydrogen (secondary N) is 3. The standard InChI is InChI=1S/C29H32ClN3O7/c1-29(2,3)40-28(36)33-25(32-27(35)38-18-20-8-6-5-7-9-20)26(34)31-17-19-10-12-21(13-11-19)39-24-15-14-22(37-4)16-23(24)30/h5-16,25H,17-18H2,1-4H3,(H,31,34)(H,32,35)(H,33,36)/t25-/m1/s1. The zero-order chi connectivity index (χ0) is 29.1. The van der Waals surface area contributed by atoms with Crippen molar-refractivity contribution in [2.45, 2.75) is 45.7 Å². The fourth-order valence-corrected chi connectivity index (χ4v) is 3.47. The molecule has 0 bridgehead atoms. The van der Waals surface area contributed by atoms with Crippen molar-refractivity contribution in [2.75, 3.05) is 7.11 Å². The monoisotopic (exact) mass is 569 g/mol. The SMILES string of the molecule is COc1ccc(Oc2ccc(CNC(=O)[C@H](NC(=O)OCc3ccccc3)NC(=O)OC(C)(C)C)cc2)c(Cl)c1. The van der Waals surface area contributed by atoms with Crippen LogP contribution in [-0.2, 0) is 27.4 Å². The van der Waals surface area contributed by atoms with Crippen LogP contribution in [0.4, 0.5) is 9.59 Å². The molecule has 1 atom stereocenters. The van der Waals surface area contributed by atoms with Gasteiger partial charge in [0.25, 0.3) is 5.91 Å². The van der Waals surface area contributed by atoms with Crippen molar-refractivity contribution in [1.82, 2.24) is 16.0 Å². The number of carbonyl (C=O) groups excluding carboxylic acids is 3. The van der Waals surface area contributed by atoms with Crippen LogP contribution in [0.2, 0.25) is 5.02 Å². The molecule has 0 aromatic heterocycles. The molecule has 212 valence electrons. The van der Waals surface area contributed by atoms with E-state index in [2.05, 4.69) is 16.0 Å². The van der Waals surface area contributed by atoms with E-state index in [0.717, 1.165) is 11.1 Å². The highest BCUT2D eigenvalue weighted by molar-refractivity contribution is 6.32. The smallest absolute Gasteiger partial charge is 0.409 e. The molecule has 0 aliphatic heterocycles. The van der Waals surface area contributed by atoms with Crippen molar-refractivity contribution in [2.24, 2.45) is 0 Å². The third-order valence-corrected chi connectivity index (χ3v) is 5.45. The molecule has 3 amide bonds. The maximum Gasteiger partial charge on any atom is 0.409 e. The highest BCUT2D eigenvalue weighted by Gasteiger charge is 2.26. The number of hydrogen-bond acceptors (Lipinski definition) is 7. The first-order valence-electron chi connectivity index (χ1n) is 12.4. The van der Waals surface area contributed by atoms with Gasteiger partial charge in [-0.25, -0.2) is 9.59 Å². The number of rotatable bonds is 10. The Balaban J connectivity index is 1.59. The van der Waals surface area contributed by atoms with Gasteiger partial charge < -0.3 is 24.3 Å². The van der Waals surface area contributed by atoms with Crippen LogP contribution in [0, 0.1) is 0 Å². The minimum atomic E-state index is -1.45. The number of hydrogen-bond donors (Lipinski definition) is 3. The molecule has 0 radical (unpaired) electrons. The van der Waals surface area contributed by atoms with Crippen LogP contribution in [0.15, 0.2) is 72.8 Å². The lowest BCUT2D eigenvalue weighted by atomic mass is 10.2. The molecule has 11 heteroatoms. The minimum Gasteiger partial charge on any atom is -0.497 e. The van der Waals surface area contributed by atoms with E-state index in [1.165, 1.54) is 0 Å². The third-order valence-electron chi connectivity index (χ3n) is 5.16. The molecule has 3 rings (SSSR count). The van der Waals surface area contributed by atoms with Gasteiger partial charge in [-0.3, -0.25) is 15.4 Å². The van der Waals surface area contributed by atoms with E-state index in [9.17, 15) is 14.4 Å². The van der Waals surface area contributed by atoms with Gasteiger partial charge in [0.15, 0.2) is 6.17 Å². The summed E-state index contributed by atoms with van der Waals surface area (Å²) >= 11 is 6.23. The van der Waals surface area contributed by atoms with E-state index < -0.39 is 29.9 Å². The molecule has 0 unspecified atom stereocenters. The minimum absolute atomic E-state index is 0.0103. The first kappa shape index (κ1) is 30.1. The fourth-order valence-electron chi connectivity index (χ4n) is 3.26. The predicted molar refractivity (Wildman–Crippen MR) is 149 cm³/mol. The molecule has 0 spiro atoms. The topological polar surface area (TPSA) is 124 Å². The molecule has 40 heavy (non-hydrogen) atoms. The molecule has 0 aliphatic rings. The van der Waals surface area contributed by atoms with Gasteiger partial charge in [0.1, 0.15) is 29.5 Å². The van der Waals surface area contributed by atoms with Gasteiger partial charge in [-0.05, 0) is 56.2 Å². The summed E-state index contributed by atoms with van der Waals surface area (Å²) < 4.78 is 21.4. The maximum atomic E-state index is 12.9. The number of alkyl carbamates (subject to hydrolysis) is 2. The van der Waals surface area contributed by atoms with Gasteiger partial charge in [-0.15, -0.1) is 0 Å². The van der Waals surface area contributed by atoms with E-state index in [4.69, 9.17) is 30.5 Å². The molecule has 10 nitrogen and oxygen atoms in total. The number of methoxy groups -OCH3 is 1. The van der Waals surface area contributed by atoms with Gasteiger partial charge >= 0.3 is 12.2 Å². The average Bonchev–Trinajstić information content (AvgIpc) is 2.91. The molecule has 3 aromatic rings. The Kier molecular flexibility index (Phi) is 10.6. The number of ether oxygens (including phenoxy) is 4. The second-order valence-electron chi connectivity index (χ2n) is 9.55. The number of amides is 3. The summed E-state index contributed by atoms with van der Waals surface area (Å²) in [4.78, 5) is 37.6. The Hall–Kier alpha value is -4.44. The van der Waals surface area contributed by atoms with E-state index in [1.54, 1.807) is 82.5 Å². The van der Waals surface area contributed by atoms with E-state index >= 15 is 0 Å². The van der Waals surface area contributed by atoms with Crippen LogP contribution < -0.4 is 25.4 Å². The molecular formula is C29H32ClN3O7. The molecule has 0 saturated carbocycles. The Bertz CT molecular complexity index is 1300. The summed E-state index contributed by atoms with van der Waals surface area (Å²) in [6.07, 6.45) is -3.22. The summed E-state index contributed by atoms with van der Waals surface area (Å²) in [6, 6.07) is 21.1. The first-order valence-corrected chi connectivity index (χ1v) is 12.7. The van der Waals surface area contributed by atoms with E-state index in [1.807, 2.05) is 18.2 Å². The summed E-state index contributed by atoms with van der Waals surface area (Å²) in [5.41, 5.74) is 0.698. The van der Waals surface area contributed by atoms with Crippen molar-refractivity contribution in [3.8, 4) is 17.2 Å². The number of benzene rings is 3. The van der Waals surface area contributed by atoms with Crippen LogP contribution in [-0.4, -0.2) is 37.0 Å². The van der Waals surface area contributed by atoms with Gasteiger partial charge in [0, 0.05) is 12.6 Å². The van der Waals surface area contributed by atoms with Gasteiger partial charge in [0.2, 0.25) is 0 Å². The van der Waals surface area contributed by atoms with Crippen molar-refractivity contribution in [1.29, 1.82) is 0 Å². The maximum absolute atomic E-state index is 12.9. The highest BCUT2D eigenvalue weighted by atomic mass is 35.5.